The summed E-state index contributed by atoms with van der Waals surface area (Å²) in [6.45, 7) is 1.28. The van der Waals surface area contributed by atoms with Gasteiger partial charge in [-0.1, -0.05) is 17.7 Å². The summed E-state index contributed by atoms with van der Waals surface area (Å²) in [4.78, 5) is 24.4. The highest BCUT2D eigenvalue weighted by Crippen LogP contribution is 2.26. The van der Waals surface area contributed by atoms with Gasteiger partial charge >= 0.3 is 5.97 Å². The van der Waals surface area contributed by atoms with Crippen LogP contribution in [0.2, 0.25) is 5.02 Å². The van der Waals surface area contributed by atoms with Crippen LogP contribution in [0, 0.1) is 11.3 Å². The van der Waals surface area contributed by atoms with Crippen LogP contribution in [0.5, 0.6) is 5.75 Å². The van der Waals surface area contributed by atoms with Gasteiger partial charge < -0.3 is 19.5 Å². The Hall–Kier alpha value is -2.56. The smallest absolute Gasteiger partial charge is 0.341 e. The van der Waals surface area contributed by atoms with Gasteiger partial charge in [0.25, 0.3) is 5.91 Å². The maximum atomic E-state index is 12.3. The molecule has 0 saturated carbocycles. The van der Waals surface area contributed by atoms with Crippen molar-refractivity contribution in [3.63, 3.8) is 0 Å². The van der Waals surface area contributed by atoms with Crippen LogP contribution in [0.3, 0.4) is 0 Å². The number of aliphatic carboxylic acids is 1. The summed E-state index contributed by atoms with van der Waals surface area (Å²) in [5, 5.41) is 18.0. The highest BCUT2D eigenvalue weighted by atomic mass is 35.5. The number of halogens is 1. The molecule has 0 bridgehead atoms. The first-order valence-corrected chi connectivity index (χ1v) is 7.52. The van der Waals surface area contributed by atoms with Crippen LogP contribution in [0.1, 0.15) is 5.56 Å². The quantitative estimate of drug-likeness (QED) is 0.639. The number of benzene rings is 1. The van der Waals surface area contributed by atoms with Crippen LogP contribution in [-0.2, 0) is 14.3 Å². The molecule has 1 aromatic carbocycles. The van der Waals surface area contributed by atoms with Crippen molar-refractivity contribution < 1.29 is 24.2 Å². The predicted molar refractivity (Wildman–Crippen MR) is 85.6 cm³/mol. The Bertz CT molecular complexity index is 705. The van der Waals surface area contributed by atoms with E-state index in [0.29, 0.717) is 31.9 Å². The second kappa shape index (κ2) is 8.34. The van der Waals surface area contributed by atoms with Crippen LogP contribution >= 0.6 is 11.6 Å². The van der Waals surface area contributed by atoms with Crippen molar-refractivity contribution in [2.24, 2.45) is 0 Å². The minimum atomic E-state index is -1.11. The molecule has 1 aliphatic heterocycles. The van der Waals surface area contributed by atoms with Crippen molar-refractivity contribution in [3.8, 4) is 11.8 Å². The molecule has 0 unspecified atom stereocenters. The van der Waals surface area contributed by atoms with Crippen LogP contribution in [0.15, 0.2) is 23.8 Å². The van der Waals surface area contributed by atoms with E-state index < -0.39 is 12.6 Å². The maximum absolute atomic E-state index is 12.3. The number of carboxylic acid groups (broad SMARTS) is 1. The Kier molecular flexibility index (Phi) is 6.18. The van der Waals surface area contributed by atoms with Crippen molar-refractivity contribution >= 4 is 29.6 Å². The van der Waals surface area contributed by atoms with Gasteiger partial charge in [-0.05, 0) is 23.8 Å². The predicted octanol–water partition coefficient (Wildman–Crippen LogP) is 1.57. The van der Waals surface area contributed by atoms with Gasteiger partial charge in [-0.3, -0.25) is 4.79 Å². The molecule has 1 fully saturated rings. The lowest BCUT2D eigenvalue weighted by atomic mass is 10.1. The Balaban J connectivity index is 2.15. The molecule has 1 amide bonds. The fraction of sp³-hybridized carbons (Fsp3) is 0.312. The third-order valence-corrected chi connectivity index (χ3v) is 3.56. The van der Waals surface area contributed by atoms with E-state index in [2.05, 4.69) is 0 Å². The van der Waals surface area contributed by atoms with Gasteiger partial charge in [-0.2, -0.15) is 5.26 Å². The number of hydrogen-bond donors (Lipinski definition) is 1. The Labute approximate surface area is 143 Å². The third kappa shape index (κ3) is 4.72. The minimum absolute atomic E-state index is 0.00725. The zero-order valence-electron chi connectivity index (χ0n) is 12.7. The van der Waals surface area contributed by atoms with E-state index >= 15 is 0 Å². The zero-order chi connectivity index (χ0) is 17.5. The van der Waals surface area contributed by atoms with Crippen molar-refractivity contribution in [3.05, 3.63) is 34.4 Å². The number of carbonyl (C=O) groups is 2. The average molecular weight is 351 g/mol. The van der Waals surface area contributed by atoms with Crippen molar-refractivity contribution in [1.82, 2.24) is 4.90 Å². The Morgan fingerprint density at radius 3 is 2.71 bits per heavy atom. The van der Waals surface area contributed by atoms with E-state index in [1.54, 1.807) is 11.0 Å². The Morgan fingerprint density at radius 1 is 1.42 bits per heavy atom. The SMILES string of the molecule is N#C/C(=C/c1ccc(OCC(=O)O)c(Cl)c1)C(=O)N1CCOCC1. The van der Waals surface area contributed by atoms with Gasteiger partial charge in [0.1, 0.15) is 17.4 Å². The number of carboxylic acids is 1. The number of hydrogen-bond acceptors (Lipinski definition) is 5. The van der Waals surface area contributed by atoms with Gasteiger partial charge in [0.05, 0.1) is 18.2 Å². The first kappa shape index (κ1) is 17.8. The zero-order valence-corrected chi connectivity index (χ0v) is 13.5. The van der Waals surface area contributed by atoms with E-state index in [1.807, 2.05) is 6.07 Å². The lowest BCUT2D eigenvalue weighted by molar-refractivity contribution is -0.139. The van der Waals surface area contributed by atoms with Gasteiger partial charge in [-0.25, -0.2) is 4.79 Å². The lowest BCUT2D eigenvalue weighted by Gasteiger charge is -2.26. The monoisotopic (exact) mass is 350 g/mol. The molecule has 8 heteroatoms. The molecule has 1 aliphatic rings. The van der Waals surface area contributed by atoms with E-state index in [4.69, 9.17) is 26.2 Å². The summed E-state index contributed by atoms with van der Waals surface area (Å²) < 4.78 is 10.2. The number of rotatable bonds is 5. The van der Waals surface area contributed by atoms with Crippen LogP contribution in [0.25, 0.3) is 6.08 Å². The highest BCUT2D eigenvalue weighted by Gasteiger charge is 2.20. The summed E-state index contributed by atoms with van der Waals surface area (Å²) in [5.41, 5.74) is 0.535. The molecule has 126 valence electrons. The molecule has 0 spiro atoms. The van der Waals surface area contributed by atoms with Crippen LogP contribution in [0.4, 0.5) is 0 Å². The van der Waals surface area contributed by atoms with Crippen molar-refractivity contribution in [2.75, 3.05) is 32.9 Å². The second-order valence-electron chi connectivity index (χ2n) is 4.95. The molecule has 1 aromatic rings. The van der Waals surface area contributed by atoms with Gasteiger partial charge in [-0.15, -0.1) is 0 Å². The third-order valence-electron chi connectivity index (χ3n) is 3.27. The van der Waals surface area contributed by atoms with Crippen molar-refractivity contribution in [2.45, 2.75) is 0 Å². The minimum Gasteiger partial charge on any atom is -0.480 e. The molecule has 2 rings (SSSR count). The average Bonchev–Trinajstić information content (AvgIpc) is 2.59. The van der Waals surface area contributed by atoms with Gasteiger partial charge in [0.2, 0.25) is 0 Å². The maximum Gasteiger partial charge on any atom is 0.341 e. The van der Waals surface area contributed by atoms with E-state index in [9.17, 15) is 14.9 Å². The molecule has 24 heavy (non-hydrogen) atoms. The van der Waals surface area contributed by atoms with Crippen LogP contribution < -0.4 is 4.74 Å². The number of morpholine rings is 1. The molecule has 0 aliphatic carbocycles. The molecule has 1 heterocycles. The molecule has 1 N–H and O–H groups in total. The molecule has 7 nitrogen and oxygen atoms in total. The normalized spacial score (nSPS) is 14.8. The van der Waals surface area contributed by atoms with E-state index in [-0.39, 0.29) is 22.3 Å². The first-order chi connectivity index (χ1) is 11.5. The van der Waals surface area contributed by atoms with E-state index in [0.717, 1.165) is 0 Å². The second-order valence-corrected chi connectivity index (χ2v) is 5.35. The summed E-state index contributed by atoms with van der Waals surface area (Å²) in [7, 11) is 0. The molecule has 0 aromatic heterocycles. The first-order valence-electron chi connectivity index (χ1n) is 7.14. The fourth-order valence-electron chi connectivity index (χ4n) is 2.11. The molecular formula is C16H15ClN2O5. The highest BCUT2D eigenvalue weighted by molar-refractivity contribution is 6.32. The standard InChI is InChI=1S/C16H15ClN2O5/c17-13-8-11(1-2-14(13)24-10-15(20)21)7-12(9-18)16(22)19-3-5-23-6-4-19/h1-2,7-8H,3-6,10H2,(H,20,21)/b12-7-. The summed E-state index contributed by atoms with van der Waals surface area (Å²) in [6, 6.07) is 6.48. The van der Waals surface area contributed by atoms with E-state index in [1.165, 1.54) is 18.2 Å². The molecule has 0 atom stereocenters. The topological polar surface area (TPSA) is 99.9 Å². The Morgan fingerprint density at radius 2 is 2.12 bits per heavy atom. The fourth-order valence-corrected chi connectivity index (χ4v) is 2.35. The van der Waals surface area contributed by atoms with Crippen molar-refractivity contribution in [1.29, 1.82) is 5.26 Å². The molecule has 0 radical (unpaired) electrons. The van der Waals surface area contributed by atoms with Crippen LogP contribution in [-0.4, -0.2) is 54.8 Å². The summed E-state index contributed by atoms with van der Waals surface area (Å²) >= 11 is 6.03. The molecule has 1 saturated heterocycles. The number of nitrogens with zero attached hydrogens (tertiary/aromatic N) is 2. The number of amides is 1. The largest absolute Gasteiger partial charge is 0.480 e. The number of ether oxygens (including phenoxy) is 2. The summed E-state index contributed by atoms with van der Waals surface area (Å²) in [5.74, 6) is -1.25. The summed E-state index contributed by atoms with van der Waals surface area (Å²) in [6.07, 6.45) is 1.44. The van der Waals surface area contributed by atoms with Gasteiger partial charge in [0.15, 0.2) is 6.61 Å². The lowest BCUT2D eigenvalue weighted by Crippen LogP contribution is -2.41. The van der Waals surface area contributed by atoms with Gasteiger partial charge in [0, 0.05) is 13.1 Å². The number of carbonyl (C=O) groups excluding carboxylic acids is 1. The number of nitriles is 1. The molecular weight excluding hydrogens is 336 g/mol.